The van der Waals surface area contributed by atoms with Gasteiger partial charge in [0, 0.05) is 100 Å². The molecule has 0 bridgehead atoms. The number of benzene rings is 2. The fourth-order valence-electron chi connectivity index (χ4n) is 10.4. The van der Waals surface area contributed by atoms with E-state index in [1.54, 1.807) is 0 Å². The number of likely N-dealkylation sites (tertiary alicyclic amines) is 1. The zero-order chi connectivity index (χ0) is 47.0. The van der Waals surface area contributed by atoms with Gasteiger partial charge in [0.2, 0.25) is 0 Å². The van der Waals surface area contributed by atoms with Gasteiger partial charge in [0.05, 0.1) is 11.4 Å². The predicted octanol–water partition coefficient (Wildman–Crippen LogP) is 12.7. The molecular weight excluding hydrogens is 988 g/mol. The molecule has 1 amide bonds. The highest BCUT2D eigenvalue weighted by Crippen LogP contribution is 2.47. The van der Waals surface area contributed by atoms with Crippen LogP contribution in [0.1, 0.15) is 120 Å². The molecule has 2 atom stereocenters. The number of nitrogens with zero attached hydrogens (tertiary/aromatic N) is 7. The number of hydrogen-bond acceptors (Lipinski definition) is 7. The Kier molecular flexibility index (Phi) is 14.1. The second kappa shape index (κ2) is 20.0. The van der Waals surface area contributed by atoms with Gasteiger partial charge in [-0.05, 0) is 194 Å². The van der Waals surface area contributed by atoms with Crippen LogP contribution < -0.4 is 5.32 Å². The maximum atomic E-state index is 12.7. The van der Waals surface area contributed by atoms with Crippen molar-refractivity contribution in [1.29, 1.82) is 0 Å². The van der Waals surface area contributed by atoms with E-state index in [1.165, 1.54) is 57.5 Å². The minimum absolute atomic E-state index is 0.0915. The molecule has 2 unspecified atom stereocenters. The van der Waals surface area contributed by atoms with Crippen molar-refractivity contribution in [2.45, 2.75) is 97.8 Å². The summed E-state index contributed by atoms with van der Waals surface area (Å²) in [5, 5.41) is 4.24. The Hall–Kier alpha value is -4.88. The molecule has 0 radical (unpaired) electrons. The molecule has 2 fully saturated rings. The number of halogens is 3. The molecule has 1 N–H and O–H groups in total. The number of carbonyl (C=O) groups excluding carboxylic acids is 1. The van der Waals surface area contributed by atoms with E-state index in [-0.39, 0.29) is 12.0 Å². The molecule has 2 aliphatic heterocycles. The molecule has 348 valence electrons. The highest BCUT2D eigenvalue weighted by Gasteiger charge is 2.37. The molecule has 0 saturated carbocycles. The van der Waals surface area contributed by atoms with Gasteiger partial charge in [-0.25, -0.2) is 14.8 Å². The Morgan fingerprint density at radius 3 is 1.73 bits per heavy atom. The first kappa shape index (κ1) is 47.2. The number of hydrogen-bond donors (Lipinski definition) is 1. The fraction of sp³-hybridized carbons (Fsp3) is 0.389. The molecule has 6 aromatic rings. The number of piperidine rings is 2. The van der Waals surface area contributed by atoms with E-state index >= 15 is 0 Å². The normalized spacial score (nSPS) is 18.5. The van der Waals surface area contributed by atoms with Crippen LogP contribution in [0, 0.1) is 32.6 Å². The minimum atomic E-state index is -0.501. The number of rotatable bonds is 6. The van der Waals surface area contributed by atoms with E-state index in [2.05, 4.69) is 131 Å². The Morgan fingerprint density at radius 1 is 0.716 bits per heavy atom. The van der Waals surface area contributed by atoms with Gasteiger partial charge in [0.15, 0.2) is 0 Å². The van der Waals surface area contributed by atoms with Gasteiger partial charge in [-0.3, -0.25) is 9.97 Å². The van der Waals surface area contributed by atoms with E-state index in [9.17, 15) is 4.79 Å². The monoisotopic (exact) mass is 1040 g/mol. The predicted molar refractivity (Wildman–Crippen MR) is 276 cm³/mol. The number of amides is 1. The SMILES string of the molecule is Cc1ccc2c(c1)C=C(Cn1ccnc1C)c1cc(Br)cnc1C2C1CCNCC1.Cc1nccn1CC1=Cc2cc(Cl)ccc2C(C2CCN(C(=O)OC(C)(C)C)CC2)c2ncc(Br)cc21. The third-order valence-corrected chi connectivity index (χ3v) is 14.8. The Bertz CT molecular complexity index is 2850. The zero-order valence-corrected chi connectivity index (χ0v) is 43.1. The van der Waals surface area contributed by atoms with Gasteiger partial charge in [-0.15, -0.1) is 0 Å². The number of imidazole rings is 2. The zero-order valence-electron chi connectivity index (χ0n) is 39.2. The van der Waals surface area contributed by atoms with Crippen molar-refractivity contribution in [2.75, 3.05) is 26.2 Å². The summed E-state index contributed by atoms with van der Waals surface area (Å²) in [6.45, 7) is 17.0. The van der Waals surface area contributed by atoms with Crippen molar-refractivity contribution in [2.24, 2.45) is 11.8 Å². The molecular formula is C54H59Br2ClN8O2. The molecule has 10 nitrogen and oxygen atoms in total. The maximum absolute atomic E-state index is 12.7. The molecule has 4 aromatic heterocycles. The lowest BCUT2D eigenvalue weighted by molar-refractivity contribution is 0.0178. The number of allylic oxidation sites excluding steroid dienone is 2. The summed E-state index contributed by atoms with van der Waals surface area (Å²) in [4.78, 5) is 33.4. The lowest BCUT2D eigenvalue weighted by Gasteiger charge is -2.37. The van der Waals surface area contributed by atoms with Gasteiger partial charge >= 0.3 is 6.09 Å². The van der Waals surface area contributed by atoms with Crippen molar-refractivity contribution in [3.63, 3.8) is 0 Å². The number of carbonyl (C=O) groups is 1. The topological polar surface area (TPSA) is 103 Å². The van der Waals surface area contributed by atoms with Gasteiger partial charge < -0.3 is 24.1 Å². The summed E-state index contributed by atoms with van der Waals surface area (Å²) in [7, 11) is 0. The number of aromatic nitrogens is 6. The van der Waals surface area contributed by atoms with E-state index in [4.69, 9.17) is 26.3 Å². The Balaban J connectivity index is 0.000000171. The highest BCUT2D eigenvalue weighted by atomic mass is 79.9. The second-order valence-electron chi connectivity index (χ2n) is 19.5. The molecule has 2 aliphatic carbocycles. The molecule has 2 aromatic carbocycles. The molecule has 67 heavy (non-hydrogen) atoms. The average molecular weight is 1050 g/mol. The van der Waals surface area contributed by atoms with Crippen LogP contribution in [0.25, 0.3) is 23.3 Å². The highest BCUT2D eigenvalue weighted by molar-refractivity contribution is 9.10. The van der Waals surface area contributed by atoms with E-state index in [0.717, 1.165) is 69.9 Å². The summed E-state index contributed by atoms with van der Waals surface area (Å²) in [6.07, 6.45) is 20.2. The van der Waals surface area contributed by atoms with E-state index in [1.807, 2.05) is 69.6 Å². The van der Waals surface area contributed by atoms with Crippen molar-refractivity contribution in [3.8, 4) is 0 Å². The number of fused-ring (bicyclic) bond motifs is 4. The quantitative estimate of drug-likeness (QED) is 0.177. The van der Waals surface area contributed by atoms with Crippen LogP contribution in [0.2, 0.25) is 5.02 Å². The minimum Gasteiger partial charge on any atom is -0.444 e. The van der Waals surface area contributed by atoms with E-state index in [0.29, 0.717) is 42.4 Å². The average Bonchev–Trinajstić information content (AvgIpc) is 3.84. The van der Waals surface area contributed by atoms with Crippen LogP contribution in [-0.4, -0.2) is 71.8 Å². The van der Waals surface area contributed by atoms with Crippen LogP contribution in [0.4, 0.5) is 4.79 Å². The summed E-state index contributed by atoms with van der Waals surface area (Å²) in [5.74, 6) is 3.34. The molecule has 10 rings (SSSR count). The third-order valence-electron chi connectivity index (χ3n) is 13.7. The first-order chi connectivity index (χ1) is 32.2. The van der Waals surface area contributed by atoms with Gasteiger partial charge in [-0.1, -0.05) is 41.4 Å². The number of pyridine rings is 2. The summed E-state index contributed by atoms with van der Waals surface area (Å²) < 4.78 is 12.0. The molecule has 0 spiro atoms. The lowest BCUT2D eigenvalue weighted by Crippen LogP contribution is -2.42. The van der Waals surface area contributed by atoms with Crippen molar-refractivity contribution in [1.82, 2.24) is 39.3 Å². The second-order valence-corrected chi connectivity index (χ2v) is 21.7. The van der Waals surface area contributed by atoms with Crippen molar-refractivity contribution < 1.29 is 9.53 Å². The van der Waals surface area contributed by atoms with Crippen LogP contribution >= 0.6 is 43.5 Å². The molecule has 4 aliphatic rings. The first-order valence-corrected chi connectivity index (χ1v) is 25.4. The molecule has 13 heteroatoms. The fourth-order valence-corrected chi connectivity index (χ4v) is 11.3. The Morgan fingerprint density at radius 2 is 1.22 bits per heavy atom. The van der Waals surface area contributed by atoms with Crippen LogP contribution in [-0.2, 0) is 17.8 Å². The first-order valence-electron chi connectivity index (χ1n) is 23.5. The molecule has 6 heterocycles. The summed E-state index contributed by atoms with van der Waals surface area (Å²) >= 11 is 13.8. The summed E-state index contributed by atoms with van der Waals surface area (Å²) in [5.41, 5.74) is 13.0. The van der Waals surface area contributed by atoms with Crippen LogP contribution in [0.15, 0.2) is 94.7 Å². The maximum Gasteiger partial charge on any atom is 0.410 e. The van der Waals surface area contributed by atoms with Gasteiger partial charge in [-0.2, -0.15) is 0 Å². The van der Waals surface area contributed by atoms with Crippen molar-refractivity contribution in [3.05, 3.63) is 162 Å². The van der Waals surface area contributed by atoms with Crippen LogP contribution in [0.5, 0.6) is 0 Å². The van der Waals surface area contributed by atoms with Crippen LogP contribution in [0.3, 0.4) is 0 Å². The largest absolute Gasteiger partial charge is 0.444 e. The van der Waals surface area contributed by atoms with E-state index < -0.39 is 5.60 Å². The van der Waals surface area contributed by atoms with Crippen molar-refractivity contribution >= 4 is 72.9 Å². The third kappa shape index (κ3) is 10.6. The van der Waals surface area contributed by atoms with Gasteiger partial charge in [0.25, 0.3) is 0 Å². The standard InChI is InChI=1S/C29H32BrClN4O2.C25H27BrN4/c1-18-32-9-12-35(18)17-21-13-20-14-23(31)5-6-24(20)26(27-25(21)15-22(30)16-33-27)19-7-10-34(11-8-19)28(36)37-29(2,3)4;1-16-3-4-22-19(11-16)12-20(15-30-10-9-28-17(30)2)23-13-21(26)14-29-25(23)24(22)18-5-7-27-8-6-18/h5-6,9,12-16,19,26H,7-8,10-11,17H2,1-4H3;3-4,9-14,18,24,27H,5-8,15H2,1-2H3. The number of nitrogens with one attached hydrogen (secondary N) is 1. The number of aryl methyl sites for hydroxylation is 3. The smallest absolute Gasteiger partial charge is 0.410 e. The van der Waals surface area contributed by atoms with Gasteiger partial charge in [0.1, 0.15) is 17.2 Å². The lowest BCUT2D eigenvalue weighted by atomic mass is 9.76. The summed E-state index contributed by atoms with van der Waals surface area (Å²) in [6, 6.07) is 17.5. The molecule has 2 saturated heterocycles. The Labute approximate surface area is 416 Å². The number of ether oxygens (including phenoxy) is 1.